The van der Waals surface area contributed by atoms with Crippen LogP contribution >= 0.6 is 0 Å². The monoisotopic (exact) mass is 1300 g/mol. The van der Waals surface area contributed by atoms with Gasteiger partial charge < -0.3 is 149 Å². The van der Waals surface area contributed by atoms with Gasteiger partial charge in [0.25, 0.3) is 0 Å². The van der Waals surface area contributed by atoms with E-state index in [1.807, 2.05) is 6.92 Å². The van der Waals surface area contributed by atoms with Crippen LogP contribution in [0.2, 0.25) is 0 Å². The van der Waals surface area contributed by atoms with Crippen molar-refractivity contribution in [1.29, 1.82) is 0 Å². The highest BCUT2D eigenvalue weighted by molar-refractivity contribution is 5.65. The fourth-order valence-corrected chi connectivity index (χ4v) is 17.4. The summed E-state index contributed by atoms with van der Waals surface area (Å²) >= 11 is 0. The molecule has 18 N–H and O–H groups in total. The topological polar surface area (TPSA) is 492 Å². The lowest BCUT2D eigenvalue weighted by Gasteiger charge is -2.62. The van der Waals surface area contributed by atoms with E-state index in [0.29, 0.717) is 31.6 Å². The predicted molar refractivity (Wildman–Crippen MR) is 295 cm³/mol. The van der Waals surface area contributed by atoms with Crippen LogP contribution < -0.4 is 0 Å². The quantitative estimate of drug-likeness (QED) is 0.0398. The number of carbonyl (C=O) groups is 1. The largest absolute Gasteiger partial charge is 0.463 e. The zero-order valence-electron chi connectivity index (χ0n) is 51.2. The van der Waals surface area contributed by atoms with Crippen molar-refractivity contribution in [2.45, 2.75) is 270 Å². The molecule has 31 nitrogen and oxygen atoms in total. The van der Waals surface area contributed by atoms with Crippen molar-refractivity contribution in [2.24, 2.45) is 52.3 Å². The van der Waals surface area contributed by atoms with Gasteiger partial charge in [-0.1, -0.05) is 27.7 Å². The van der Waals surface area contributed by atoms with E-state index < -0.39 is 211 Å². The smallest absolute Gasteiger partial charge is 0.302 e. The molecule has 6 saturated heterocycles. The number of fused-ring (bicyclic) bond motifs is 7. The van der Waals surface area contributed by atoms with E-state index in [9.17, 15) is 96.7 Å². The molecule has 10 fully saturated rings. The molecular formula is C59H98O31. The number of hydrogen-bond acceptors (Lipinski definition) is 31. The predicted octanol–water partition coefficient (Wildman–Crippen LogP) is -6.59. The lowest BCUT2D eigenvalue weighted by Crippen LogP contribution is -2.69. The van der Waals surface area contributed by atoms with E-state index in [-0.39, 0.29) is 59.0 Å². The molecule has 0 unspecified atom stereocenters. The standard InChI is InChI=1S/C59H98O31/c1-21(19-80-52-45(74)41(70)37(66)31(15-60)82-52)8-11-59(78)22(2)36-30(90-59)13-27-25-7-6-24-12-29(28(65)14-58(24,5)26(25)9-10-57(27,36)4)81-53-48(77)44(73)49(34(18-63)85-53)87-56-51(89-55-47(76)43(72)39(68)33(17-62)84-55)50(40(69)35(86-56)20-79-23(3)64)88-54-46(75)42(71)38(67)32(16-61)83-54/h21-22,24-56,60-63,65-78H,6-20H2,1-5H3/t21-,22+,24+,25-,26+,27+,28-,29-,30+,31-,32-,33-,34-,35-,36+,37-,38-,39-,40-,41+,42+,43+,44-,45-,46-,47-,48-,49+,50+,51-,52-,53-,54+,55+,56+,57+,58+,59-/m1/s1. The Hall–Kier alpha value is -1.69. The van der Waals surface area contributed by atoms with Crippen molar-refractivity contribution in [3.63, 3.8) is 0 Å². The Bertz CT molecular complexity index is 2340. The summed E-state index contributed by atoms with van der Waals surface area (Å²) in [5, 5.41) is 196. The van der Waals surface area contributed by atoms with Crippen LogP contribution in [0.5, 0.6) is 0 Å². The van der Waals surface area contributed by atoms with Crippen LogP contribution in [0.1, 0.15) is 92.4 Å². The van der Waals surface area contributed by atoms with Gasteiger partial charge in [0, 0.05) is 19.3 Å². The summed E-state index contributed by atoms with van der Waals surface area (Å²) in [6, 6.07) is 0. The Morgan fingerprint density at radius 3 is 1.63 bits per heavy atom. The van der Waals surface area contributed by atoms with Gasteiger partial charge in [0.15, 0.2) is 37.2 Å². The zero-order chi connectivity index (χ0) is 65.4. The van der Waals surface area contributed by atoms with Gasteiger partial charge in [-0.25, -0.2) is 0 Å². The summed E-state index contributed by atoms with van der Waals surface area (Å²) in [6.07, 6.45) is -41.3. The minimum atomic E-state index is -2.11. The van der Waals surface area contributed by atoms with Gasteiger partial charge in [-0.05, 0) is 97.7 Å². The minimum absolute atomic E-state index is 0.0530. The lowest BCUT2D eigenvalue weighted by atomic mass is 9.44. The normalized spacial score (nSPS) is 54.1. The number of aliphatic hydroxyl groups is 18. The summed E-state index contributed by atoms with van der Waals surface area (Å²) in [5.74, 6) is -1.63. The lowest BCUT2D eigenvalue weighted by molar-refractivity contribution is -0.407. The third kappa shape index (κ3) is 13.3. The van der Waals surface area contributed by atoms with E-state index in [4.69, 9.17) is 56.8 Å². The molecule has 0 aromatic heterocycles. The summed E-state index contributed by atoms with van der Waals surface area (Å²) in [5.41, 5.74) is -0.479. The second kappa shape index (κ2) is 28.4. The Morgan fingerprint density at radius 1 is 0.544 bits per heavy atom. The van der Waals surface area contributed by atoms with Crippen LogP contribution in [0, 0.1) is 52.3 Å². The summed E-state index contributed by atoms with van der Waals surface area (Å²) in [7, 11) is 0. The number of ether oxygens (including phenoxy) is 12. The molecule has 520 valence electrons. The summed E-state index contributed by atoms with van der Waals surface area (Å²) in [4.78, 5) is 12.1. The molecule has 90 heavy (non-hydrogen) atoms. The average Bonchev–Trinajstić information content (AvgIpc) is 1.49. The maximum absolute atomic E-state index is 12.2. The van der Waals surface area contributed by atoms with Crippen LogP contribution in [0.3, 0.4) is 0 Å². The average molecular weight is 1300 g/mol. The molecule has 10 aliphatic rings. The fourth-order valence-electron chi connectivity index (χ4n) is 17.4. The van der Waals surface area contributed by atoms with Gasteiger partial charge in [0.1, 0.15) is 129 Å². The zero-order valence-corrected chi connectivity index (χ0v) is 51.2. The molecule has 0 bridgehead atoms. The Labute approximate surface area is 520 Å². The van der Waals surface area contributed by atoms with Crippen LogP contribution in [0.15, 0.2) is 0 Å². The van der Waals surface area contributed by atoms with Gasteiger partial charge in [0.05, 0.1) is 51.3 Å². The Kier molecular flexibility index (Phi) is 22.4. The Morgan fingerprint density at radius 2 is 1.06 bits per heavy atom. The van der Waals surface area contributed by atoms with Gasteiger partial charge in [0.2, 0.25) is 0 Å². The van der Waals surface area contributed by atoms with Gasteiger partial charge in [-0.2, -0.15) is 0 Å². The molecule has 38 atom stereocenters. The number of rotatable bonds is 20. The molecular weight excluding hydrogens is 1200 g/mol. The van der Waals surface area contributed by atoms with Crippen LogP contribution in [0.25, 0.3) is 0 Å². The van der Waals surface area contributed by atoms with Crippen molar-refractivity contribution in [3.8, 4) is 0 Å². The molecule has 0 aromatic carbocycles. The first-order valence-electron chi connectivity index (χ1n) is 31.9. The van der Waals surface area contributed by atoms with Crippen molar-refractivity contribution < 1.29 is 154 Å². The number of carbonyl (C=O) groups excluding carboxylic acids is 1. The summed E-state index contributed by atoms with van der Waals surface area (Å²) in [6.45, 7) is 5.65. The highest BCUT2D eigenvalue weighted by atomic mass is 16.8. The molecule has 6 heterocycles. The van der Waals surface area contributed by atoms with Crippen molar-refractivity contribution >= 4 is 5.97 Å². The Balaban J connectivity index is 0.792. The highest BCUT2D eigenvalue weighted by Gasteiger charge is 2.69. The summed E-state index contributed by atoms with van der Waals surface area (Å²) < 4.78 is 71.4. The van der Waals surface area contributed by atoms with Gasteiger partial charge in [-0.3, -0.25) is 4.79 Å². The first-order chi connectivity index (χ1) is 42.5. The molecule has 0 spiro atoms. The third-order valence-corrected chi connectivity index (χ3v) is 22.5. The van der Waals surface area contributed by atoms with E-state index in [0.717, 1.165) is 39.0 Å². The number of aliphatic hydroxyl groups excluding tert-OH is 17. The van der Waals surface area contributed by atoms with Gasteiger partial charge >= 0.3 is 5.97 Å². The molecule has 0 aromatic rings. The first-order valence-corrected chi connectivity index (χ1v) is 31.9. The first kappa shape index (κ1) is 71.1. The second-order valence-electron chi connectivity index (χ2n) is 27.8. The molecule has 31 heteroatoms. The molecule has 0 radical (unpaired) electrons. The van der Waals surface area contributed by atoms with Crippen LogP contribution in [-0.4, -0.2) is 315 Å². The van der Waals surface area contributed by atoms with Gasteiger partial charge in [-0.15, -0.1) is 0 Å². The van der Waals surface area contributed by atoms with Crippen molar-refractivity contribution in [2.75, 3.05) is 39.6 Å². The van der Waals surface area contributed by atoms with Crippen molar-refractivity contribution in [1.82, 2.24) is 0 Å². The SMILES string of the molecule is CC(=O)OC[C@H]1O[C@@H](O[C@@H]2[C@H](O)[C@@H](O)[C@H](O[C@@H]3C[C@@H]4CC[C@@H]5[C@H](CC[C@]6(C)[C@@H]7[C@H](C[C@@H]56)O[C@](O)(CC[C@@H](C)CO[C@@H]5O[C@H](CO)[C@@H](O)[C@H](O)[C@H]5O)[C@H]7C)[C@@]4(C)C[C@H]3O)O[C@@H]2CO)[C@H](O[C@@H]2O[C@H](CO)[C@@H](O)[C@H](O)[C@H]2O)[C@@H](O[C@@H]2O[C@H](CO)[C@@H](O)[C@H](O)[C@H]2O)[C@@H]1O. The van der Waals surface area contributed by atoms with Crippen LogP contribution in [0.4, 0.5) is 0 Å². The molecule has 0 amide bonds. The number of hydrogen-bond donors (Lipinski definition) is 18. The minimum Gasteiger partial charge on any atom is -0.463 e. The molecule has 10 rings (SSSR count). The van der Waals surface area contributed by atoms with E-state index in [2.05, 4.69) is 20.8 Å². The molecule has 6 aliphatic heterocycles. The van der Waals surface area contributed by atoms with E-state index in [1.54, 1.807) is 0 Å². The van der Waals surface area contributed by atoms with E-state index >= 15 is 0 Å². The van der Waals surface area contributed by atoms with E-state index in [1.165, 1.54) is 0 Å². The van der Waals surface area contributed by atoms with Crippen LogP contribution in [-0.2, 0) is 61.6 Å². The maximum Gasteiger partial charge on any atom is 0.302 e. The second-order valence-corrected chi connectivity index (χ2v) is 27.8. The molecule has 4 aliphatic carbocycles. The third-order valence-electron chi connectivity index (χ3n) is 22.5. The molecule has 4 saturated carbocycles. The number of esters is 1. The van der Waals surface area contributed by atoms with Crippen molar-refractivity contribution in [3.05, 3.63) is 0 Å². The highest BCUT2D eigenvalue weighted by Crippen LogP contribution is 2.71. The maximum atomic E-state index is 12.2. The fraction of sp³-hybridized carbons (Fsp3) is 0.983.